The molecule has 1 aromatic rings. The van der Waals surface area contributed by atoms with Crippen LogP contribution in [0.2, 0.25) is 0 Å². The van der Waals surface area contributed by atoms with Crippen molar-refractivity contribution in [3.05, 3.63) is 22.7 Å². The molecule has 0 aliphatic rings. The molecule has 0 bridgehead atoms. The van der Waals surface area contributed by atoms with E-state index in [4.69, 9.17) is 10.5 Å². The molecule has 0 radical (unpaired) electrons. The lowest BCUT2D eigenvalue weighted by molar-refractivity contribution is 0.338. The van der Waals surface area contributed by atoms with E-state index < -0.39 is 15.6 Å². The van der Waals surface area contributed by atoms with E-state index >= 15 is 0 Å². The van der Waals surface area contributed by atoms with E-state index in [0.717, 1.165) is 0 Å². The van der Waals surface area contributed by atoms with E-state index in [1.54, 1.807) is 12.1 Å². The minimum atomic E-state index is -3.62. The van der Waals surface area contributed by atoms with Crippen LogP contribution in [0, 0.1) is 0 Å². The van der Waals surface area contributed by atoms with Crippen molar-refractivity contribution in [2.24, 2.45) is 5.73 Å². The standard InChI is InChI=1S/C14H23BrN2O3S/c1-4-14(5-2,10-16)17-21(18,19)11-7-8-13(20-6-3)12(15)9-11/h7-9,17H,4-6,10,16H2,1-3H3. The number of nitrogens with one attached hydrogen (secondary N) is 1. The van der Waals surface area contributed by atoms with Gasteiger partial charge in [0, 0.05) is 12.1 Å². The quantitative estimate of drug-likeness (QED) is 0.728. The lowest BCUT2D eigenvalue weighted by Gasteiger charge is -2.31. The van der Waals surface area contributed by atoms with Crippen LogP contribution in [0.15, 0.2) is 27.6 Å². The third kappa shape index (κ3) is 4.42. The van der Waals surface area contributed by atoms with E-state index in [-0.39, 0.29) is 11.4 Å². The molecule has 0 spiro atoms. The van der Waals surface area contributed by atoms with Gasteiger partial charge in [-0.1, -0.05) is 13.8 Å². The van der Waals surface area contributed by atoms with E-state index in [9.17, 15) is 8.42 Å². The van der Waals surface area contributed by atoms with Gasteiger partial charge in [0.2, 0.25) is 10.0 Å². The van der Waals surface area contributed by atoms with E-state index in [1.165, 1.54) is 6.07 Å². The number of nitrogens with two attached hydrogens (primary N) is 1. The van der Waals surface area contributed by atoms with Crippen molar-refractivity contribution in [3.8, 4) is 5.75 Å². The van der Waals surface area contributed by atoms with Crippen molar-refractivity contribution >= 4 is 26.0 Å². The zero-order valence-electron chi connectivity index (χ0n) is 12.6. The zero-order valence-corrected chi connectivity index (χ0v) is 15.1. The van der Waals surface area contributed by atoms with Crippen molar-refractivity contribution in [2.45, 2.75) is 44.0 Å². The molecule has 0 saturated heterocycles. The Hall–Kier alpha value is -0.630. The molecule has 0 aliphatic carbocycles. The minimum absolute atomic E-state index is 0.192. The van der Waals surface area contributed by atoms with Crippen LogP contribution in [0.4, 0.5) is 0 Å². The van der Waals surface area contributed by atoms with Crippen LogP contribution in [0.3, 0.4) is 0 Å². The predicted octanol–water partition coefficient (Wildman–Crippen LogP) is 2.64. The smallest absolute Gasteiger partial charge is 0.241 e. The Bertz CT molecular complexity index is 563. The fraction of sp³-hybridized carbons (Fsp3) is 0.571. The van der Waals surface area contributed by atoms with Crippen LogP contribution in [0.25, 0.3) is 0 Å². The van der Waals surface area contributed by atoms with Gasteiger partial charge < -0.3 is 10.5 Å². The molecule has 0 unspecified atom stereocenters. The highest BCUT2D eigenvalue weighted by molar-refractivity contribution is 9.10. The third-order valence-electron chi connectivity index (χ3n) is 3.61. The van der Waals surface area contributed by atoms with Gasteiger partial charge >= 0.3 is 0 Å². The average Bonchev–Trinajstić information content (AvgIpc) is 2.47. The molecular formula is C14H23BrN2O3S. The van der Waals surface area contributed by atoms with Gasteiger partial charge in [0.15, 0.2) is 0 Å². The summed E-state index contributed by atoms with van der Waals surface area (Å²) in [6.45, 7) is 6.50. The lowest BCUT2D eigenvalue weighted by atomic mass is 9.95. The molecule has 0 aliphatic heterocycles. The molecule has 7 heteroatoms. The SMILES string of the molecule is CCOc1ccc(S(=O)(=O)NC(CC)(CC)CN)cc1Br. The molecule has 1 rings (SSSR count). The summed E-state index contributed by atoms with van der Waals surface area (Å²) >= 11 is 3.33. The number of ether oxygens (including phenoxy) is 1. The van der Waals surface area contributed by atoms with Crippen molar-refractivity contribution < 1.29 is 13.2 Å². The molecule has 1 aromatic carbocycles. The molecule has 3 N–H and O–H groups in total. The topological polar surface area (TPSA) is 81.4 Å². The second-order valence-corrected chi connectivity index (χ2v) is 7.36. The Kier molecular flexibility index (Phi) is 6.65. The van der Waals surface area contributed by atoms with E-state index in [0.29, 0.717) is 29.7 Å². The largest absolute Gasteiger partial charge is 0.493 e. The highest BCUT2D eigenvalue weighted by Gasteiger charge is 2.31. The van der Waals surface area contributed by atoms with Crippen molar-refractivity contribution in [1.29, 1.82) is 0 Å². The van der Waals surface area contributed by atoms with Crippen LogP contribution in [0.5, 0.6) is 5.75 Å². The van der Waals surface area contributed by atoms with E-state index in [2.05, 4.69) is 20.7 Å². The highest BCUT2D eigenvalue weighted by atomic mass is 79.9. The molecule has 0 heterocycles. The molecule has 0 atom stereocenters. The van der Waals surface area contributed by atoms with Gasteiger partial charge in [-0.3, -0.25) is 0 Å². The number of rotatable bonds is 8. The average molecular weight is 379 g/mol. The normalized spacial score (nSPS) is 12.4. The van der Waals surface area contributed by atoms with Crippen LogP contribution in [-0.4, -0.2) is 27.1 Å². The van der Waals surface area contributed by atoms with Crippen molar-refractivity contribution in [1.82, 2.24) is 4.72 Å². The van der Waals surface area contributed by atoms with E-state index in [1.807, 2.05) is 20.8 Å². The minimum Gasteiger partial charge on any atom is -0.493 e. The summed E-state index contributed by atoms with van der Waals surface area (Å²) in [5, 5.41) is 0. The number of hydrogen-bond donors (Lipinski definition) is 2. The second-order valence-electron chi connectivity index (χ2n) is 4.82. The summed E-state index contributed by atoms with van der Waals surface area (Å²) in [6.07, 6.45) is 1.27. The first kappa shape index (κ1) is 18.4. The summed E-state index contributed by atoms with van der Waals surface area (Å²) < 4.78 is 33.8. The van der Waals surface area contributed by atoms with Gasteiger partial charge in [-0.15, -0.1) is 0 Å². The molecule has 21 heavy (non-hydrogen) atoms. The van der Waals surface area contributed by atoms with Gasteiger partial charge in [0.1, 0.15) is 5.75 Å². The molecule has 0 amide bonds. The molecule has 5 nitrogen and oxygen atoms in total. The fourth-order valence-electron chi connectivity index (χ4n) is 1.99. The summed E-state index contributed by atoms with van der Waals surface area (Å²) in [7, 11) is -3.62. The lowest BCUT2D eigenvalue weighted by Crippen LogP contribution is -2.52. The Morgan fingerprint density at radius 3 is 2.33 bits per heavy atom. The summed E-state index contributed by atoms with van der Waals surface area (Å²) in [6, 6.07) is 4.72. The highest BCUT2D eigenvalue weighted by Crippen LogP contribution is 2.28. The number of halogens is 1. The number of benzene rings is 1. The van der Waals surface area contributed by atoms with Crippen LogP contribution in [-0.2, 0) is 10.0 Å². The Morgan fingerprint density at radius 1 is 1.29 bits per heavy atom. The van der Waals surface area contributed by atoms with Gasteiger partial charge in [-0.2, -0.15) is 0 Å². The summed E-state index contributed by atoms with van der Waals surface area (Å²) in [5.74, 6) is 0.618. The molecule has 0 aromatic heterocycles. The third-order valence-corrected chi connectivity index (χ3v) is 5.80. The summed E-state index contributed by atoms with van der Waals surface area (Å²) in [5.41, 5.74) is 5.14. The maximum absolute atomic E-state index is 12.5. The van der Waals surface area contributed by atoms with Crippen molar-refractivity contribution in [3.63, 3.8) is 0 Å². The van der Waals surface area contributed by atoms with Crippen LogP contribution >= 0.6 is 15.9 Å². The van der Waals surface area contributed by atoms with Gasteiger partial charge in [0.25, 0.3) is 0 Å². The monoisotopic (exact) mass is 378 g/mol. The number of sulfonamides is 1. The maximum atomic E-state index is 12.5. The summed E-state index contributed by atoms with van der Waals surface area (Å²) in [4.78, 5) is 0.192. The molecule has 0 saturated carbocycles. The van der Waals surface area contributed by atoms with Crippen molar-refractivity contribution in [2.75, 3.05) is 13.2 Å². The second kappa shape index (κ2) is 7.58. The Morgan fingerprint density at radius 2 is 1.90 bits per heavy atom. The molecular weight excluding hydrogens is 356 g/mol. The zero-order chi connectivity index (χ0) is 16.1. The first-order valence-corrected chi connectivity index (χ1v) is 9.28. The predicted molar refractivity (Wildman–Crippen MR) is 88.0 cm³/mol. The number of hydrogen-bond acceptors (Lipinski definition) is 4. The van der Waals surface area contributed by atoms with Crippen LogP contribution < -0.4 is 15.2 Å². The first-order chi connectivity index (χ1) is 9.84. The first-order valence-electron chi connectivity index (χ1n) is 7.00. The van der Waals surface area contributed by atoms with Crippen LogP contribution in [0.1, 0.15) is 33.6 Å². The maximum Gasteiger partial charge on any atom is 0.241 e. The van der Waals surface area contributed by atoms with Gasteiger partial charge in [-0.05, 0) is 53.9 Å². The van der Waals surface area contributed by atoms with Gasteiger partial charge in [-0.25, -0.2) is 13.1 Å². The molecule has 0 fully saturated rings. The Balaban J connectivity index is 3.11. The van der Waals surface area contributed by atoms with Gasteiger partial charge in [0.05, 0.1) is 16.0 Å². The molecule has 120 valence electrons. The Labute approximate surface area is 135 Å². The fourth-order valence-corrected chi connectivity index (χ4v) is 4.21.